The molecule has 2 N–H and O–H groups in total. The average molecular weight is 327 g/mol. The number of halogens is 1. The zero-order chi connectivity index (χ0) is 16.5. The predicted molar refractivity (Wildman–Crippen MR) is 87.6 cm³/mol. The third kappa shape index (κ3) is 6.13. The molecule has 6 heteroatoms. The second kappa shape index (κ2) is 9.56. The number of aliphatic carboxylic acids is 1. The molecule has 0 radical (unpaired) electrons. The Kier molecular flexibility index (Phi) is 8.09. The topological polar surface area (TPSA) is 69.6 Å². The zero-order valence-corrected chi connectivity index (χ0v) is 13.8. The molecule has 0 fully saturated rings. The monoisotopic (exact) mass is 326 g/mol. The lowest BCUT2D eigenvalue weighted by atomic mass is 10.0. The van der Waals surface area contributed by atoms with Crippen LogP contribution in [0.5, 0.6) is 0 Å². The van der Waals surface area contributed by atoms with Gasteiger partial charge in [0.05, 0.1) is 0 Å². The first-order chi connectivity index (χ1) is 10.5. The van der Waals surface area contributed by atoms with Crippen LogP contribution in [0.1, 0.15) is 30.6 Å². The molecule has 0 spiro atoms. The minimum atomic E-state index is -1.01. The number of rotatable bonds is 10. The van der Waals surface area contributed by atoms with Gasteiger partial charge in [-0.3, -0.25) is 9.59 Å². The molecule has 1 rings (SSSR count). The van der Waals surface area contributed by atoms with E-state index in [1.54, 1.807) is 24.3 Å². The summed E-state index contributed by atoms with van der Waals surface area (Å²) in [5, 5.41) is 12.7. The maximum Gasteiger partial charge on any atom is 0.321 e. The number of carbonyl (C=O) groups is 2. The first-order valence-electron chi connectivity index (χ1n) is 7.45. The Labute approximate surface area is 136 Å². The first kappa shape index (κ1) is 18.6. The van der Waals surface area contributed by atoms with Crippen LogP contribution in [0, 0.1) is 0 Å². The number of nitrogens with zero attached hydrogens (tertiary/aromatic N) is 1. The molecule has 1 aromatic carbocycles. The fraction of sp³-hybridized carbons (Fsp3) is 0.500. The SMILES string of the molecule is CCN(CC)CCN[C@@H](CC(=O)c1ccc(Cl)cc1)C(=O)O. The smallest absolute Gasteiger partial charge is 0.321 e. The largest absolute Gasteiger partial charge is 0.480 e. The number of Topliss-reactive ketones (excluding diaryl/α,β-unsaturated/α-hetero) is 1. The zero-order valence-electron chi connectivity index (χ0n) is 13.0. The molecule has 0 bridgehead atoms. The van der Waals surface area contributed by atoms with Gasteiger partial charge in [0.1, 0.15) is 6.04 Å². The van der Waals surface area contributed by atoms with Crippen molar-refractivity contribution in [3.05, 3.63) is 34.9 Å². The maximum absolute atomic E-state index is 12.1. The van der Waals surface area contributed by atoms with E-state index in [-0.39, 0.29) is 12.2 Å². The van der Waals surface area contributed by atoms with Gasteiger partial charge in [-0.1, -0.05) is 25.4 Å². The van der Waals surface area contributed by atoms with Crippen LogP contribution in [-0.2, 0) is 4.79 Å². The fourth-order valence-electron chi connectivity index (χ4n) is 2.12. The second-order valence-electron chi connectivity index (χ2n) is 5.01. The Hall–Kier alpha value is -1.43. The van der Waals surface area contributed by atoms with Gasteiger partial charge in [-0.2, -0.15) is 0 Å². The highest BCUT2D eigenvalue weighted by molar-refractivity contribution is 6.30. The van der Waals surface area contributed by atoms with Crippen LogP contribution in [-0.4, -0.2) is 54.0 Å². The minimum Gasteiger partial charge on any atom is -0.480 e. The Bertz CT molecular complexity index is 487. The Morgan fingerprint density at radius 2 is 1.82 bits per heavy atom. The van der Waals surface area contributed by atoms with Crippen LogP contribution in [0.25, 0.3) is 0 Å². The minimum absolute atomic E-state index is 0.0742. The summed E-state index contributed by atoms with van der Waals surface area (Å²) in [7, 11) is 0. The van der Waals surface area contributed by atoms with Crippen LogP contribution >= 0.6 is 11.6 Å². The van der Waals surface area contributed by atoms with Crippen molar-refractivity contribution in [3.8, 4) is 0 Å². The quantitative estimate of drug-likeness (QED) is 0.646. The molecule has 0 aliphatic heterocycles. The van der Waals surface area contributed by atoms with Crippen LogP contribution in [0.15, 0.2) is 24.3 Å². The fourth-order valence-corrected chi connectivity index (χ4v) is 2.25. The summed E-state index contributed by atoms with van der Waals surface area (Å²) in [4.78, 5) is 25.6. The highest BCUT2D eigenvalue weighted by Gasteiger charge is 2.21. The summed E-state index contributed by atoms with van der Waals surface area (Å²) in [6.07, 6.45) is -0.0742. The lowest BCUT2D eigenvalue weighted by Gasteiger charge is -2.20. The van der Waals surface area contributed by atoms with Gasteiger partial charge >= 0.3 is 5.97 Å². The summed E-state index contributed by atoms with van der Waals surface area (Å²) in [6.45, 7) is 7.24. The number of ketones is 1. The molecular formula is C16H23ClN2O3. The van der Waals surface area contributed by atoms with Gasteiger partial charge in [0, 0.05) is 30.1 Å². The summed E-state index contributed by atoms with van der Waals surface area (Å²) in [5.41, 5.74) is 0.473. The maximum atomic E-state index is 12.1. The normalized spacial score (nSPS) is 12.4. The van der Waals surface area contributed by atoms with Crippen molar-refractivity contribution in [1.29, 1.82) is 0 Å². The van der Waals surface area contributed by atoms with Crippen molar-refractivity contribution < 1.29 is 14.7 Å². The molecule has 22 heavy (non-hydrogen) atoms. The first-order valence-corrected chi connectivity index (χ1v) is 7.83. The molecule has 5 nitrogen and oxygen atoms in total. The number of hydrogen-bond acceptors (Lipinski definition) is 4. The summed E-state index contributed by atoms with van der Waals surface area (Å²) in [5.74, 6) is -1.22. The van der Waals surface area contributed by atoms with Crippen molar-refractivity contribution in [2.75, 3.05) is 26.2 Å². The van der Waals surface area contributed by atoms with E-state index in [0.29, 0.717) is 17.1 Å². The highest BCUT2D eigenvalue weighted by Crippen LogP contribution is 2.12. The third-order valence-electron chi connectivity index (χ3n) is 3.57. The second-order valence-corrected chi connectivity index (χ2v) is 5.44. The van der Waals surface area contributed by atoms with Crippen LogP contribution < -0.4 is 5.32 Å². The van der Waals surface area contributed by atoms with Crippen molar-refractivity contribution in [1.82, 2.24) is 10.2 Å². The lowest BCUT2D eigenvalue weighted by molar-refractivity contribution is -0.139. The molecule has 0 aromatic heterocycles. The molecule has 0 amide bonds. The molecule has 1 aromatic rings. The van der Waals surface area contributed by atoms with Gasteiger partial charge in [0.15, 0.2) is 5.78 Å². The molecule has 122 valence electrons. The van der Waals surface area contributed by atoms with E-state index in [4.69, 9.17) is 11.6 Å². The number of benzene rings is 1. The highest BCUT2D eigenvalue weighted by atomic mass is 35.5. The van der Waals surface area contributed by atoms with Gasteiger partial charge in [-0.25, -0.2) is 0 Å². The van der Waals surface area contributed by atoms with E-state index >= 15 is 0 Å². The molecule has 1 atom stereocenters. The third-order valence-corrected chi connectivity index (χ3v) is 3.82. The van der Waals surface area contributed by atoms with E-state index < -0.39 is 12.0 Å². The van der Waals surface area contributed by atoms with Crippen molar-refractivity contribution in [2.45, 2.75) is 26.3 Å². The molecule has 0 saturated heterocycles. The van der Waals surface area contributed by atoms with Crippen LogP contribution in [0.4, 0.5) is 0 Å². The lowest BCUT2D eigenvalue weighted by Crippen LogP contribution is -2.42. The standard InChI is InChI=1S/C16H23ClN2O3/c1-3-19(4-2)10-9-18-14(16(21)22)11-15(20)12-5-7-13(17)8-6-12/h5-8,14,18H,3-4,9-11H2,1-2H3,(H,21,22)/t14-/m0/s1. The molecule has 0 heterocycles. The molecule has 0 saturated carbocycles. The Morgan fingerprint density at radius 1 is 1.23 bits per heavy atom. The van der Waals surface area contributed by atoms with Gasteiger partial charge in [-0.05, 0) is 37.4 Å². The number of carbonyl (C=O) groups excluding carboxylic acids is 1. The van der Waals surface area contributed by atoms with E-state index in [2.05, 4.69) is 24.1 Å². The van der Waals surface area contributed by atoms with Crippen molar-refractivity contribution in [3.63, 3.8) is 0 Å². The summed E-state index contributed by atoms with van der Waals surface area (Å²) in [6, 6.07) is 5.59. The van der Waals surface area contributed by atoms with Gasteiger partial charge in [0.2, 0.25) is 0 Å². The van der Waals surface area contributed by atoms with E-state index in [0.717, 1.165) is 19.6 Å². The number of likely N-dealkylation sites (N-methyl/N-ethyl adjacent to an activating group) is 1. The average Bonchev–Trinajstić information content (AvgIpc) is 2.50. The van der Waals surface area contributed by atoms with E-state index in [1.165, 1.54) is 0 Å². The summed E-state index contributed by atoms with van der Waals surface area (Å²) < 4.78 is 0. The summed E-state index contributed by atoms with van der Waals surface area (Å²) >= 11 is 5.78. The Balaban J connectivity index is 2.55. The molecule has 0 aliphatic carbocycles. The number of carboxylic acid groups (broad SMARTS) is 1. The van der Waals surface area contributed by atoms with E-state index in [9.17, 15) is 14.7 Å². The number of carboxylic acids is 1. The van der Waals surface area contributed by atoms with Gasteiger partial charge in [0.25, 0.3) is 0 Å². The van der Waals surface area contributed by atoms with Crippen LogP contribution in [0.2, 0.25) is 5.02 Å². The molecule has 0 unspecified atom stereocenters. The number of nitrogens with one attached hydrogen (secondary N) is 1. The van der Waals surface area contributed by atoms with Crippen molar-refractivity contribution in [2.24, 2.45) is 0 Å². The van der Waals surface area contributed by atoms with Gasteiger partial charge < -0.3 is 15.3 Å². The van der Waals surface area contributed by atoms with E-state index in [1.807, 2.05) is 0 Å². The van der Waals surface area contributed by atoms with Crippen LogP contribution in [0.3, 0.4) is 0 Å². The molecular weight excluding hydrogens is 304 g/mol. The number of hydrogen-bond donors (Lipinski definition) is 2. The Morgan fingerprint density at radius 3 is 2.32 bits per heavy atom. The predicted octanol–water partition coefficient (Wildman–Crippen LogP) is 2.30. The van der Waals surface area contributed by atoms with Crippen molar-refractivity contribution >= 4 is 23.4 Å². The van der Waals surface area contributed by atoms with Gasteiger partial charge in [-0.15, -0.1) is 0 Å². The molecule has 0 aliphatic rings.